The third-order valence-corrected chi connectivity index (χ3v) is 11.6. The number of hydrogen-bond acceptors (Lipinski definition) is 8. The number of halogens is 3. The minimum Gasteiger partial charge on any atom is -0.508 e. The van der Waals surface area contributed by atoms with Gasteiger partial charge in [0.25, 0.3) is 11.8 Å². The van der Waals surface area contributed by atoms with Gasteiger partial charge in [-0.05, 0) is 97.0 Å². The predicted octanol–water partition coefficient (Wildman–Crippen LogP) is 7.57. The van der Waals surface area contributed by atoms with Crippen molar-refractivity contribution >= 4 is 17.5 Å². The lowest BCUT2D eigenvalue weighted by atomic mass is 9.92. The maximum atomic E-state index is 15.2. The quantitative estimate of drug-likeness (QED) is 0.163. The van der Waals surface area contributed by atoms with E-state index in [2.05, 4.69) is 26.3 Å². The molecule has 306 valence electrons. The smallest absolute Gasteiger partial charge is 0.508 e. The first-order chi connectivity index (χ1) is 28.6. The van der Waals surface area contributed by atoms with Gasteiger partial charge in [-0.15, -0.1) is 13.2 Å². The van der Waals surface area contributed by atoms with Crippen LogP contribution in [0.5, 0.6) is 23.0 Å². The third-order valence-electron chi connectivity index (χ3n) is 11.6. The number of phenols is 1. The number of hydrogen-bond donors (Lipinski definition) is 1. The van der Waals surface area contributed by atoms with Crippen LogP contribution < -0.4 is 19.1 Å². The number of morpholine rings is 1. The second kappa shape index (κ2) is 16.0. The number of aromatic nitrogens is 1. The van der Waals surface area contributed by atoms with E-state index in [1.54, 1.807) is 23.1 Å². The van der Waals surface area contributed by atoms with E-state index >= 15 is 4.79 Å². The zero-order chi connectivity index (χ0) is 40.7. The standard InChI is InChI=1S/C45H43F3N4O7/c46-45(47,48)59-35-14-8-29(9-15-35)25-51(32-10-12-34(53)13-11-32)44(55)38-22-40(50-16-4-3-7-39(38)50)36-23-41-42(58-28-57-41)24-37(36)43(54)52-26-31-6-2-1-5-30(31)21-33(52)27-49-17-19-56-20-18-49/h1-2,5-6,8-15,22-24,33,53H,3-4,7,16-21,25-28H2. The van der Waals surface area contributed by atoms with E-state index in [0.717, 1.165) is 37.2 Å². The molecule has 0 aliphatic carbocycles. The number of anilines is 1. The number of benzene rings is 4. The fourth-order valence-corrected chi connectivity index (χ4v) is 8.68. The first-order valence-electron chi connectivity index (χ1n) is 19.9. The van der Waals surface area contributed by atoms with Crippen LogP contribution in [0.2, 0.25) is 0 Å². The number of aromatic hydroxyl groups is 1. The molecule has 1 atom stereocenters. The summed E-state index contributed by atoms with van der Waals surface area (Å²) in [6, 6.07) is 25.2. The molecule has 0 spiro atoms. The van der Waals surface area contributed by atoms with Gasteiger partial charge in [0.1, 0.15) is 11.5 Å². The highest BCUT2D eigenvalue weighted by atomic mass is 19.4. The third kappa shape index (κ3) is 8.06. The summed E-state index contributed by atoms with van der Waals surface area (Å²) in [6.07, 6.45) is -1.79. The SMILES string of the molecule is O=C(c1cc(-c2cc3c(cc2C(=O)N2Cc4ccccc4CC2CN2CCOCC2)OCO3)n2c1CCCC2)N(Cc1ccc(OC(F)(F)F)cc1)c1ccc(O)cc1. The molecule has 1 fully saturated rings. The molecular formula is C45H43F3N4O7. The van der Waals surface area contributed by atoms with E-state index in [1.165, 1.54) is 42.0 Å². The molecule has 4 aromatic carbocycles. The molecule has 59 heavy (non-hydrogen) atoms. The number of nitrogens with zero attached hydrogens (tertiary/aromatic N) is 4. The second-order valence-electron chi connectivity index (χ2n) is 15.3. The number of alkyl halides is 3. The Bertz CT molecular complexity index is 2360. The lowest BCUT2D eigenvalue weighted by Gasteiger charge is -2.40. The molecule has 9 rings (SSSR count). The number of phenolic OH excluding ortho intramolecular Hbond substituents is 1. The van der Waals surface area contributed by atoms with E-state index in [0.29, 0.717) is 90.8 Å². The van der Waals surface area contributed by atoms with Crippen molar-refractivity contribution in [1.29, 1.82) is 0 Å². The van der Waals surface area contributed by atoms with E-state index in [1.807, 2.05) is 29.2 Å². The summed E-state index contributed by atoms with van der Waals surface area (Å²) in [5, 5.41) is 10.1. The summed E-state index contributed by atoms with van der Waals surface area (Å²) in [5.41, 5.74) is 6.42. The molecular weight excluding hydrogens is 766 g/mol. The van der Waals surface area contributed by atoms with Crippen LogP contribution in [0.4, 0.5) is 18.9 Å². The maximum absolute atomic E-state index is 15.2. The first kappa shape index (κ1) is 38.5. The summed E-state index contributed by atoms with van der Waals surface area (Å²) in [4.78, 5) is 36.0. The molecule has 1 aromatic heterocycles. The average molecular weight is 809 g/mol. The zero-order valence-corrected chi connectivity index (χ0v) is 32.2. The van der Waals surface area contributed by atoms with Crippen LogP contribution in [0, 0.1) is 0 Å². The summed E-state index contributed by atoms with van der Waals surface area (Å²) in [7, 11) is 0. The van der Waals surface area contributed by atoms with Crippen molar-refractivity contribution in [3.63, 3.8) is 0 Å². The van der Waals surface area contributed by atoms with Gasteiger partial charge in [-0.1, -0.05) is 36.4 Å². The Morgan fingerprint density at radius 3 is 2.32 bits per heavy atom. The fraction of sp³-hybridized carbons (Fsp3) is 0.333. The molecule has 0 bridgehead atoms. The summed E-state index contributed by atoms with van der Waals surface area (Å²) in [6.45, 7) is 4.69. The Morgan fingerprint density at radius 2 is 1.58 bits per heavy atom. The monoisotopic (exact) mass is 808 g/mol. The van der Waals surface area contributed by atoms with Crippen molar-refractivity contribution in [3.8, 4) is 34.3 Å². The predicted molar refractivity (Wildman–Crippen MR) is 212 cm³/mol. The number of carbonyl (C=O) groups is 2. The second-order valence-corrected chi connectivity index (χ2v) is 15.3. The van der Waals surface area contributed by atoms with Crippen molar-refractivity contribution in [2.45, 2.75) is 57.7 Å². The molecule has 0 saturated carbocycles. The number of rotatable bonds is 9. The van der Waals surface area contributed by atoms with Crippen LogP contribution in [-0.2, 0) is 37.2 Å². The van der Waals surface area contributed by atoms with Gasteiger partial charge < -0.3 is 38.4 Å². The molecule has 1 unspecified atom stereocenters. The van der Waals surface area contributed by atoms with Crippen molar-refractivity contribution in [1.82, 2.24) is 14.4 Å². The van der Waals surface area contributed by atoms with Crippen LogP contribution in [0.3, 0.4) is 0 Å². The van der Waals surface area contributed by atoms with E-state index < -0.39 is 6.36 Å². The van der Waals surface area contributed by atoms with Crippen LogP contribution in [0.15, 0.2) is 91.0 Å². The number of amides is 2. The Kier molecular flexibility index (Phi) is 10.4. The molecule has 5 aromatic rings. The number of ether oxygens (including phenoxy) is 4. The van der Waals surface area contributed by atoms with E-state index in [4.69, 9.17) is 14.2 Å². The van der Waals surface area contributed by atoms with Crippen molar-refractivity contribution in [2.24, 2.45) is 0 Å². The minimum atomic E-state index is -4.84. The maximum Gasteiger partial charge on any atom is 0.573 e. The molecule has 0 radical (unpaired) electrons. The molecule has 1 saturated heterocycles. The Balaban J connectivity index is 1.11. The molecule has 1 N–H and O–H groups in total. The van der Waals surface area contributed by atoms with Crippen molar-refractivity contribution in [3.05, 3.63) is 125 Å². The minimum absolute atomic E-state index is 0.0164. The van der Waals surface area contributed by atoms with Gasteiger partial charge in [-0.2, -0.15) is 0 Å². The highest BCUT2D eigenvalue weighted by molar-refractivity contribution is 6.09. The average Bonchev–Trinajstić information content (AvgIpc) is 3.87. The van der Waals surface area contributed by atoms with Gasteiger partial charge >= 0.3 is 6.36 Å². The largest absolute Gasteiger partial charge is 0.573 e. The lowest BCUT2D eigenvalue weighted by Crippen LogP contribution is -2.52. The van der Waals surface area contributed by atoms with Gasteiger partial charge in [-0.3, -0.25) is 14.5 Å². The summed E-state index contributed by atoms with van der Waals surface area (Å²) >= 11 is 0. The van der Waals surface area contributed by atoms with E-state index in [9.17, 15) is 23.1 Å². The summed E-state index contributed by atoms with van der Waals surface area (Å²) in [5.74, 6) is 0.149. The van der Waals surface area contributed by atoms with Crippen molar-refractivity contribution < 1.29 is 46.8 Å². The molecule has 4 aliphatic rings. The van der Waals surface area contributed by atoms with Gasteiger partial charge in [0.15, 0.2) is 11.5 Å². The van der Waals surface area contributed by atoms with Crippen LogP contribution >= 0.6 is 0 Å². The molecule has 11 nitrogen and oxygen atoms in total. The molecule has 5 heterocycles. The fourth-order valence-electron chi connectivity index (χ4n) is 8.68. The zero-order valence-electron chi connectivity index (χ0n) is 32.2. The molecule has 14 heteroatoms. The topological polar surface area (TPSA) is 106 Å². The number of fused-ring (bicyclic) bond motifs is 3. The van der Waals surface area contributed by atoms with Crippen molar-refractivity contribution in [2.75, 3.05) is 44.5 Å². The normalized spacial score (nSPS) is 17.6. The van der Waals surface area contributed by atoms with Crippen LogP contribution in [-0.4, -0.2) is 83.3 Å². The number of carbonyl (C=O) groups excluding carboxylic acids is 2. The Labute approximate surface area is 339 Å². The Morgan fingerprint density at radius 1 is 0.847 bits per heavy atom. The molecule has 4 aliphatic heterocycles. The van der Waals surface area contributed by atoms with E-state index in [-0.39, 0.29) is 42.7 Å². The highest BCUT2D eigenvalue weighted by Crippen LogP contribution is 2.43. The van der Waals surface area contributed by atoms with Crippen LogP contribution in [0.1, 0.15) is 55.9 Å². The van der Waals surface area contributed by atoms with Gasteiger partial charge in [0.2, 0.25) is 6.79 Å². The van der Waals surface area contributed by atoms with Gasteiger partial charge in [0.05, 0.1) is 30.9 Å². The lowest BCUT2D eigenvalue weighted by molar-refractivity contribution is -0.274. The Hall–Kier alpha value is -5.99. The summed E-state index contributed by atoms with van der Waals surface area (Å²) < 4.78 is 62.3. The van der Waals surface area contributed by atoms with Gasteiger partial charge in [0, 0.05) is 61.4 Å². The molecule has 2 amide bonds. The first-order valence-corrected chi connectivity index (χ1v) is 19.9. The highest BCUT2D eigenvalue weighted by Gasteiger charge is 2.36. The van der Waals surface area contributed by atoms with Gasteiger partial charge in [-0.25, -0.2) is 0 Å². The van der Waals surface area contributed by atoms with Crippen LogP contribution in [0.25, 0.3) is 11.3 Å².